The second-order valence-electron chi connectivity index (χ2n) is 11.9. The van der Waals surface area contributed by atoms with Crippen molar-refractivity contribution in [2.75, 3.05) is 27.2 Å². The highest BCUT2D eigenvalue weighted by Gasteiger charge is 2.45. The molecule has 2 saturated carbocycles. The number of nitrogens with zero attached hydrogens (tertiary/aromatic N) is 2. The number of hydrogen-bond acceptors (Lipinski definition) is 3. The third kappa shape index (κ3) is 4.33. The second-order valence-corrected chi connectivity index (χ2v) is 11.9. The SMILES string of the molecule is CN(C)CCNC(=O)C1CC[C@H]2Cn3c(c(C4CCCCC4)c4ccc(C(=O)O)cc43)-c3ccccc3[C@H]12. The smallest absolute Gasteiger partial charge is 0.335 e. The molecule has 6 rings (SSSR count). The van der Waals surface area contributed by atoms with E-state index in [0.717, 1.165) is 31.4 Å². The number of carboxylic acids is 1. The molecule has 38 heavy (non-hydrogen) atoms. The Kier molecular flexibility index (Phi) is 6.77. The van der Waals surface area contributed by atoms with Gasteiger partial charge in [-0.05, 0) is 74.9 Å². The van der Waals surface area contributed by atoms with Gasteiger partial charge in [0.05, 0.1) is 11.3 Å². The van der Waals surface area contributed by atoms with E-state index in [-0.39, 0.29) is 17.7 Å². The number of amides is 1. The largest absolute Gasteiger partial charge is 0.478 e. The van der Waals surface area contributed by atoms with Crippen molar-refractivity contribution in [2.45, 2.75) is 63.3 Å². The van der Waals surface area contributed by atoms with Crippen molar-refractivity contribution >= 4 is 22.8 Å². The minimum absolute atomic E-state index is 0.0353. The van der Waals surface area contributed by atoms with Gasteiger partial charge in [-0.2, -0.15) is 0 Å². The first-order valence-corrected chi connectivity index (χ1v) is 14.3. The topological polar surface area (TPSA) is 74.6 Å². The summed E-state index contributed by atoms with van der Waals surface area (Å²) in [6.45, 7) is 2.31. The molecular weight excluding hydrogens is 474 g/mol. The maximum absolute atomic E-state index is 13.5. The first-order valence-electron chi connectivity index (χ1n) is 14.3. The van der Waals surface area contributed by atoms with E-state index < -0.39 is 5.97 Å². The fraction of sp³-hybridized carbons (Fsp3) is 0.500. The number of aromatic nitrogens is 1. The lowest BCUT2D eigenvalue weighted by atomic mass is 9.78. The van der Waals surface area contributed by atoms with E-state index in [2.05, 4.69) is 45.1 Å². The van der Waals surface area contributed by atoms with E-state index >= 15 is 0 Å². The van der Waals surface area contributed by atoms with Gasteiger partial charge in [0.15, 0.2) is 0 Å². The Morgan fingerprint density at radius 1 is 1.03 bits per heavy atom. The van der Waals surface area contributed by atoms with Gasteiger partial charge in [0.2, 0.25) is 5.91 Å². The van der Waals surface area contributed by atoms with E-state index in [1.54, 1.807) is 6.07 Å². The summed E-state index contributed by atoms with van der Waals surface area (Å²) < 4.78 is 2.43. The number of carboxylic acid groups (broad SMARTS) is 1. The first-order chi connectivity index (χ1) is 18.4. The molecule has 0 spiro atoms. The number of carbonyl (C=O) groups excluding carboxylic acids is 1. The lowest BCUT2D eigenvalue weighted by molar-refractivity contribution is -0.125. The summed E-state index contributed by atoms with van der Waals surface area (Å²) in [5.74, 6) is 0.240. The van der Waals surface area contributed by atoms with Crippen LogP contribution in [0.15, 0.2) is 42.5 Å². The molecule has 0 bridgehead atoms. The molecule has 200 valence electrons. The van der Waals surface area contributed by atoms with Gasteiger partial charge in [0, 0.05) is 47.9 Å². The van der Waals surface area contributed by atoms with Crippen LogP contribution >= 0.6 is 0 Å². The summed E-state index contributed by atoms with van der Waals surface area (Å²) in [7, 11) is 4.05. The third-order valence-corrected chi connectivity index (χ3v) is 9.34. The summed E-state index contributed by atoms with van der Waals surface area (Å²) in [6.07, 6.45) is 8.03. The fourth-order valence-electron chi connectivity index (χ4n) is 7.62. The van der Waals surface area contributed by atoms with E-state index in [9.17, 15) is 14.7 Å². The molecule has 0 radical (unpaired) electrons. The Balaban J connectivity index is 1.50. The molecule has 0 saturated heterocycles. The van der Waals surface area contributed by atoms with Crippen molar-refractivity contribution in [3.8, 4) is 11.3 Å². The number of likely N-dealkylation sites (N-methyl/N-ethyl adjacent to an activating group) is 1. The minimum atomic E-state index is -0.885. The molecule has 3 aliphatic rings. The molecule has 1 unspecified atom stereocenters. The third-order valence-electron chi connectivity index (χ3n) is 9.34. The first kappa shape index (κ1) is 25.2. The van der Waals surface area contributed by atoms with Crippen molar-refractivity contribution in [3.63, 3.8) is 0 Å². The van der Waals surface area contributed by atoms with Gasteiger partial charge in [0.25, 0.3) is 0 Å². The highest BCUT2D eigenvalue weighted by Crippen LogP contribution is 2.54. The Hall–Kier alpha value is -3.12. The average molecular weight is 514 g/mol. The van der Waals surface area contributed by atoms with Gasteiger partial charge < -0.3 is 19.9 Å². The zero-order chi connectivity index (χ0) is 26.4. The van der Waals surface area contributed by atoms with Crippen molar-refractivity contribution < 1.29 is 14.7 Å². The Bertz CT molecular complexity index is 1370. The molecule has 6 nitrogen and oxygen atoms in total. The summed E-state index contributed by atoms with van der Waals surface area (Å²) in [5.41, 5.74) is 6.57. The molecule has 2 aromatic carbocycles. The van der Waals surface area contributed by atoms with Crippen LogP contribution in [0.4, 0.5) is 0 Å². The van der Waals surface area contributed by atoms with Crippen LogP contribution in [0, 0.1) is 11.8 Å². The highest BCUT2D eigenvalue weighted by molar-refractivity contribution is 5.98. The van der Waals surface area contributed by atoms with Gasteiger partial charge in [-0.1, -0.05) is 49.6 Å². The maximum atomic E-state index is 13.5. The van der Waals surface area contributed by atoms with Gasteiger partial charge >= 0.3 is 5.97 Å². The molecule has 1 aromatic heterocycles. The van der Waals surface area contributed by atoms with Crippen LogP contribution in [0.3, 0.4) is 0 Å². The standard InChI is InChI=1S/C32H39N3O3/c1-34(2)17-16-33-31(36)26-15-13-22-19-35-27-18-21(32(37)38)12-14-25(27)29(20-8-4-3-5-9-20)30(35)24-11-7-6-10-23(24)28(22)26/h6-7,10-12,14,18,20,22,26,28H,3-5,8-9,13,15-17,19H2,1-2H3,(H,33,36)(H,37,38)/t22-,26?,28+/m0/s1. The Morgan fingerprint density at radius 2 is 1.82 bits per heavy atom. The van der Waals surface area contributed by atoms with Crippen LogP contribution in [-0.2, 0) is 11.3 Å². The normalized spacial score (nSPS) is 23.1. The predicted molar refractivity (Wildman–Crippen MR) is 151 cm³/mol. The average Bonchev–Trinajstić information content (AvgIpc) is 3.44. The van der Waals surface area contributed by atoms with Crippen molar-refractivity contribution in [2.24, 2.45) is 11.8 Å². The maximum Gasteiger partial charge on any atom is 0.335 e. The molecule has 2 fully saturated rings. The van der Waals surface area contributed by atoms with E-state index in [4.69, 9.17) is 0 Å². The number of rotatable bonds is 6. The predicted octanol–water partition coefficient (Wildman–Crippen LogP) is 5.86. The lowest BCUT2D eigenvalue weighted by Crippen LogP contribution is -2.37. The molecule has 1 aliphatic heterocycles. The zero-order valence-corrected chi connectivity index (χ0v) is 22.6. The monoisotopic (exact) mass is 513 g/mol. The number of nitrogens with one attached hydrogen (secondary N) is 1. The number of hydrogen-bond donors (Lipinski definition) is 2. The van der Waals surface area contributed by atoms with Crippen LogP contribution in [-0.4, -0.2) is 53.6 Å². The number of fused-ring (bicyclic) bond motifs is 7. The number of benzene rings is 2. The van der Waals surface area contributed by atoms with Gasteiger partial charge in [-0.25, -0.2) is 4.79 Å². The van der Waals surface area contributed by atoms with Crippen LogP contribution in [0.5, 0.6) is 0 Å². The summed E-state index contributed by atoms with van der Waals surface area (Å²) in [4.78, 5) is 27.5. The molecular formula is C32H39N3O3. The molecule has 2 N–H and O–H groups in total. The fourth-order valence-corrected chi connectivity index (χ4v) is 7.62. The summed E-state index contributed by atoms with van der Waals surface area (Å²) >= 11 is 0. The number of carbonyl (C=O) groups is 2. The van der Waals surface area contributed by atoms with Crippen LogP contribution < -0.4 is 5.32 Å². The lowest BCUT2D eigenvalue weighted by Gasteiger charge is -2.26. The Morgan fingerprint density at radius 3 is 2.58 bits per heavy atom. The van der Waals surface area contributed by atoms with Crippen molar-refractivity contribution in [1.29, 1.82) is 0 Å². The quantitative estimate of drug-likeness (QED) is 0.433. The van der Waals surface area contributed by atoms with E-state index in [1.807, 2.05) is 20.2 Å². The van der Waals surface area contributed by atoms with Crippen LogP contribution in [0.2, 0.25) is 0 Å². The van der Waals surface area contributed by atoms with E-state index in [0.29, 0.717) is 23.9 Å². The Labute approximate surface area is 225 Å². The van der Waals surface area contributed by atoms with Crippen molar-refractivity contribution in [1.82, 2.24) is 14.8 Å². The van der Waals surface area contributed by atoms with Gasteiger partial charge in [-0.3, -0.25) is 4.79 Å². The minimum Gasteiger partial charge on any atom is -0.478 e. The molecule has 3 atom stereocenters. The van der Waals surface area contributed by atoms with Crippen molar-refractivity contribution in [3.05, 3.63) is 59.2 Å². The van der Waals surface area contributed by atoms with Crippen LogP contribution in [0.1, 0.15) is 78.3 Å². The molecule has 2 aliphatic carbocycles. The number of aromatic carboxylic acids is 1. The zero-order valence-electron chi connectivity index (χ0n) is 22.6. The second kappa shape index (κ2) is 10.2. The van der Waals surface area contributed by atoms with Crippen LogP contribution in [0.25, 0.3) is 22.2 Å². The van der Waals surface area contributed by atoms with E-state index in [1.165, 1.54) is 59.9 Å². The van der Waals surface area contributed by atoms with Gasteiger partial charge in [-0.15, -0.1) is 0 Å². The molecule has 6 heteroatoms. The summed E-state index contributed by atoms with van der Waals surface area (Å²) in [6, 6.07) is 14.4. The highest BCUT2D eigenvalue weighted by atomic mass is 16.4. The molecule has 3 aromatic rings. The summed E-state index contributed by atoms with van der Waals surface area (Å²) in [5, 5.41) is 14.2. The van der Waals surface area contributed by atoms with Gasteiger partial charge in [0.1, 0.15) is 0 Å². The molecule has 2 heterocycles. The molecule has 1 amide bonds.